The molecule has 0 saturated heterocycles. The summed E-state index contributed by atoms with van der Waals surface area (Å²) in [6, 6.07) is 10.3. The Balaban J connectivity index is 0.00000226. The van der Waals surface area contributed by atoms with Gasteiger partial charge in [0.2, 0.25) is 0 Å². The molecule has 12 heteroatoms. The number of halogens is 4. The van der Waals surface area contributed by atoms with Gasteiger partial charge in [0.25, 0.3) is 5.56 Å². The Bertz CT molecular complexity index is 1570. The average molecular weight is 622 g/mol. The van der Waals surface area contributed by atoms with E-state index in [1.165, 1.54) is 23.0 Å². The molecule has 2 N–H and O–H groups in total. The van der Waals surface area contributed by atoms with E-state index in [4.69, 9.17) is 23.2 Å². The van der Waals surface area contributed by atoms with Gasteiger partial charge in [-0.1, -0.05) is 55.7 Å². The fraction of sp³-hybridized carbons (Fsp3) is 0.310. The molecule has 0 aliphatic heterocycles. The van der Waals surface area contributed by atoms with Gasteiger partial charge in [-0.05, 0) is 50.2 Å². The lowest BCUT2D eigenvalue weighted by Crippen LogP contribution is -2.30. The number of rotatable bonds is 9. The number of benzene rings is 2. The van der Waals surface area contributed by atoms with Crippen molar-refractivity contribution >= 4 is 52.0 Å². The SMILES string of the molecule is CC.CCC(=NCCNc1cc(Cl)c(-c2c(=O)ncn3nc(Sc4ccc(F)cc4F)ccc23)c(Cl)c1)NC(C)C. The lowest BCUT2D eigenvalue weighted by Gasteiger charge is -2.14. The first kappa shape index (κ1) is 32.3. The summed E-state index contributed by atoms with van der Waals surface area (Å²) in [5.74, 6) is -0.416. The van der Waals surface area contributed by atoms with Crippen LogP contribution in [0.1, 0.15) is 41.0 Å². The zero-order valence-electron chi connectivity index (χ0n) is 23.4. The van der Waals surface area contributed by atoms with Gasteiger partial charge in [0.1, 0.15) is 23.0 Å². The van der Waals surface area contributed by atoms with Gasteiger partial charge in [-0.2, -0.15) is 10.1 Å². The number of fused-ring (bicyclic) bond motifs is 1. The summed E-state index contributed by atoms with van der Waals surface area (Å²) < 4.78 is 28.8. The third-order valence-corrected chi connectivity index (χ3v) is 7.10. The quantitative estimate of drug-likeness (QED) is 0.113. The number of hydrogen-bond acceptors (Lipinski definition) is 6. The van der Waals surface area contributed by atoms with E-state index >= 15 is 0 Å². The average Bonchev–Trinajstić information content (AvgIpc) is 2.93. The predicted molar refractivity (Wildman–Crippen MR) is 166 cm³/mol. The van der Waals surface area contributed by atoms with E-state index in [-0.39, 0.29) is 20.5 Å². The molecule has 41 heavy (non-hydrogen) atoms. The fourth-order valence-electron chi connectivity index (χ4n) is 3.85. The van der Waals surface area contributed by atoms with Crippen LogP contribution in [-0.2, 0) is 0 Å². The van der Waals surface area contributed by atoms with Gasteiger partial charge in [-0.15, -0.1) is 0 Å². The maximum Gasteiger partial charge on any atom is 0.281 e. The van der Waals surface area contributed by atoms with E-state index in [0.29, 0.717) is 40.9 Å². The van der Waals surface area contributed by atoms with Crippen molar-refractivity contribution in [3.8, 4) is 11.1 Å². The highest BCUT2D eigenvalue weighted by Gasteiger charge is 2.19. The van der Waals surface area contributed by atoms with E-state index in [1.807, 2.05) is 20.8 Å². The Hall–Kier alpha value is -3.21. The molecule has 0 fully saturated rings. The molecule has 0 atom stereocenters. The third kappa shape index (κ3) is 8.40. The highest BCUT2D eigenvalue weighted by atomic mass is 35.5. The first-order valence-corrected chi connectivity index (χ1v) is 14.8. The third-order valence-electron chi connectivity index (χ3n) is 5.53. The summed E-state index contributed by atoms with van der Waals surface area (Å²) in [7, 11) is 0. The molecule has 0 amide bonds. The second-order valence-electron chi connectivity index (χ2n) is 8.83. The van der Waals surface area contributed by atoms with Gasteiger partial charge in [-0.3, -0.25) is 9.79 Å². The summed E-state index contributed by atoms with van der Waals surface area (Å²) in [4.78, 5) is 21.6. The summed E-state index contributed by atoms with van der Waals surface area (Å²) in [5, 5.41) is 12.0. The van der Waals surface area contributed by atoms with Crippen LogP contribution in [0.25, 0.3) is 16.6 Å². The Kier molecular flexibility index (Phi) is 11.9. The van der Waals surface area contributed by atoms with Gasteiger partial charge in [0, 0.05) is 41.2 Å². The minimum atomic E-state index is -0.697. The Morgan fingerprint density at radius 3 is 2.41 bits per heavy atom. The van der Waals surface area contributed by atoms with E-state index in [9.17, 15) is 13.6 Å². The van der Waals surface area contributed by atoms with Crippen molar-refractivity contribution in [1.82, 2.24) is 19.9 Å². The van der Waals surface area contributed by atoms with E-state index in [2.05, 4.69) is 39.6 Å². The molecule has 0 aliphatic rings. The van der Waals surface area contributed by atoms with Crippen molar-refractivity contribution in [2.45, 2.75) is 57.0 Å². The van der Waals surface area contributed by atoms with Crippen molar-refractivity contribution < 1.29 is 8.78 Å². The van der Waals surface area contributed by atoms with Crippen LogP contribution in [0.3, 0.4) is 0 Å². The van der Waals surface area contributed by atoms with Crippen molar-refractivity contribution in [2.75, 3.05) is 18.4 Å². The van der Waals surface area contributed by atoms with Gasteiger partial charge in [0.15, 0.2) is 0 Å². The minimum absolute atomic E-state index is 0.188. The standard InChI is InChI=1S/C27H26Cl2F2N6OS.C2H6/c1-4-23(35-15(2)3)33-10-9-32-17-12-18(28)25(19(29)13-17)26-21-6-8-24(36-37(21)14-34-27(26)38)39-22-7-5-16(30)11-20(22)31;1-2/h5-8,11-15,32H,4,9-10H2,1-3H3,(H,33,35);1-2H3. The number of hydrogen-bond donors (Lipinski definition) is 2. The van der Waals surface area contributed by atoms with Gasteiger partial charge in [-0.25, -0.2) is 13.3 Å². The molecule has 2 aromatic carbocycles. The minimum Gasteiger partial charge on any atom is -0.383 e. The largest absolute Gasteiger partial charge is 0.383 e. The molecule has 0 aliphatic carbocycles. The van der Waals surface area contributed by atoms with Crippen molar-refractivity contribution in [2.24, 2.45) is 4.99 Å². The second-order valence-corrected chi connectivity index (χ2v) is 10.7. The normalized spacial score (nSPS) is 11.4. The van der Waals surface area contributed by atoms with Crippen LogP contribution in [-0.4, -0.2) is 39.6 Å². The van der Waals surface area contributed by atoms with Crippen LogP contribution >= 0.6 is 35.0 Å². The number of aliphatic imine (C=N–C) groups is 1. The molecule has 0 radical (unpaired) electrons. The summed E-state index contributed by atoms with van der Waals surface area (Å²) in [6.07, 6.45) is 2.08. The summed E-state index contributed by atoms with van der Waals surface area (Å²) in [6.45, 7) is 11.3. The molecule has 218 valence electrons. The van der Waals surface area contributed by atoms with Crippen LogP contribution in [0.2, 0.25) is 10.0 Å². The second kappa shape index (κ2) is 15.1. The summed E-state index contributed by atoms with van der Waals surface area (Å²) >= 11 is 14.3. The van der Waals surface area contributed by atoms with Crippen LogP contribution in [0, 0.1) is 11.6 Å². The number of anilines is 1. The maximum absolute atomic E-state index is 14.1. The van der Waals surface area contributed by atoms with E-state index < -0.39 is 17.2 Å². The monoisotopic (exact) mass is 620 g/mol. The highest BCUT2D eigenvalue weighted by molar-refractivity contribution is 7.99. The predicted octanol–water partition coefficient (Wildman–Crippen LogP) is 7.74. The first-order valence-electron chi connectivity index (χ1n) is 13.2. The van der Waals surface area contributed by atoms with Crippen molar-refractivity contribution in [3.05, 3.63) is 80.8 Å². The Morgan fingerprint density at radius 1 is 1.07 bits per heavy atom. The zero-order valence-corrected chi connectivity index (χ0v) is 25.8. The smallest absolute Gasteiger partial charge is 0.281 e. The van der Waals surface area contributed by atoms with Gasteiger partial charge in [0.05, 0.1) is 33.5 Å². The maximum atomic E-state index is 14.1. The number of nitrogens with zero attached hydrogens (tertiary/aromatic N) is 4. The molecule has 2 heterocycles. The van der Waals surface area contributed by atoms with Crippen molar-refractivity contribution in [1.29, 1.82) is 0 Å². The number of nitrogens with one attached hydrogen (secondary N) is 2. The Morgan fingerprint density at radius 2 is 1.78 bits per heavy atom. The first-order chi connectivity index (χ1) is 19.7. The molecule has 0 bridgehead atoms. The zero-order chi connectivity index (χ0) is 30.1. The van der Waals surface area contributed by atoms with Crippen LogP contribution < -0.4 is 16.2 Å². The molecular weight excluding hydrogens is 589 g/mol. The summed E-state index contributed by atoms with van der Waals surface area (Å²) in [5.41, 5.74) is 1.10. The van der Waals surface area contributed by atoms with Gasteiger partial charge < -0.3 is 10.6 Å². The molecule has 0 unspecified atom stereocenters. The number of aromatic nitrogens is 3. The van der Waals surface area contributed by atoms with Crippen molar-refractivity contribution in [3.63, 3.8) is 0 Å². The Labute approximate surface area is 252 Å². The van der Waals surface area contributed by atoms with E-state index in [0.717, 1.165) is 30.1 Å². The topological polar surface area (TPSA) is 83.7 Å². The molecule has 4 rings (SSSR count). The molecular formula is C29H32Cl2F2N6OS. The van der Waals surface area contributed by atoms with Gasteiger partial charge >= 0.3 is 0 Å². The highest BCUT2D eigenvalue weighted by Crippen LogP contribution is 2.38. The lowest BCUT2D eigenvalue weighted by atomic mass is 10.1. The van der Waals surface area contributed by atoms with Crippen LogP contribution in [0.15, 0.2) is 68.5 Å². The fourth-order valence-corrected chi connectivity index (χ4v) is 5.30. The molecule has 7 nitrogen and oxygen atoms in total. The van der Waals surface area contributed by atoms with E-state index in [1.54, 1.807) is 24.3 Å². The molecule has 0 saturated carbocycles. The molecule has 4 aromatic rings. The lowest BCUT2D eigenvalue weighted by molar-refractivity contribution is 0.565. The van der Waals surface area contributed by atoms with Crippen LogP contribution in [0.5, 0.6) is 0 Å². The molecule has 0 spiro atoms. The van der Waals surface area contributed by atoms with Crippen LogP contribution in [0.4, 0.5) is 14.5 Å². The number of amidine groups is 1. The molecule has 2 aromatic heterocycles.